The maximum atomic E-state index is 12.9. The number of aromatic nitrogens is 10. The Morgan fingerprint density at radius 2 is 0.990 bits per heavy atom. The van der Waals surface area contributed by atoms with E-state index in [0.717, 1.165) is 34.9 Å². The Morgan fingerprint density at radius 1 is 0.530 bits per heavy atom. The van der Waals surface area contributed by atoms with E-state index < -0.39 is 5.56 Å². The van der Waals surface area contributed by atoms with E-state index in [4.69, 9.17) is 48.3 Å². The van der Waals surface area contributed by atoms with Gasteiger partial charge in [0.05, 0.1) is 27.9 Å². The summed E-state index contributed by atoms with van der Waals surface area (Å²) in [5.41, 5.74) is 9.06. The minimum Gasteiger partial charge on any atom is -0.497 e. The number of rotatable bonds is 17. The quantitative estimate of drug-likeness (QED) is 0.0422. The van der Waals surface area contributed by atoms with Gasteiger partial charge in [-0.15, -0.1) is 0 Å². The zero-order valence-electron chi connectivity index (χ0n) is 54.2. The van der Waals surface area contributed by atoms with Crippen LogP contribution in [0.25, 0.3) is 0 Å². The van der Waals surface area contributed by atoms with Crippen molar-refractivity contribution < 1.29 is 43.2 Å². The average molecular weight is 1400 g/mol. The number of H-pyrrole nitrogens is 1. The summed E-state index contributed by atoms with van der Waals surface area (Å²) >= 11 is 11.2. The molecule has 100 heavy (non-hydrogen) atoms. The normalized spacial score (nSPS) is 12.2. The van der Waals surface area contributed by atoms with Crippen LogP contribution in [0.5, 0.6) is 23.1 Å². The van der Waals surface area contributed by atoms with Gasteiger partial charge in [0.25, 0.3) is 46.4 Å². The summed E-state index contributed by atoms with van der Waals surface area (Å²) in [7, 11) is 4.88. The van der Waals surface area contributed by atoms with Crippen LogP contribution in [0, 0.1) is 0 Å². The molecule has 10 heterocycles. The lowest BCUT2D eigenvalue weighted by Crippen LogP contribution is -2.44. The molecule has 0 saturated carbocycles. The molecular weight excluding hydrogens is 1330 g/mol. The van der Waals surface area contributed by atoms with Crippen LogP contribution in [0.4, 0.5) is 28.8 Å². The van der Waals surface area contributed by atoms with E-state index in [0.29, 0.717) is 105 Å². The lowest BCUT2D eigenvalue weighted by atomic mass is 10.1. The minimum atomic E-state index is -0.481. The number of nitrogens with one attached hydrogen (secondary N) is 5. The van der Waals surface area contributed by atoms with Gasteiger partial charge < -0.3 is 74.6 Å². The van der Waals surface area contributed by atoms with Crippen LogP contribution < -0.4 is 68.2 Å². The van der Waals surface area contributed by atoms with Gasteiger partial charge in [-0.1, -0.05) is 59.6 Å². The molecule has 0 spiro atoms. The number of benzene rings is 3. The number of amides is 3. The SMILES string of the molecule is COc1ccc(CN2CCn3c(ccc(Cl)c3=O)C2=O)cc1.COc1ccc(CN2CCn3c(ccc(Nc4ccncn4)c3=O)C2=O)cc1.COc1ccc(CNCCO)cc1.Nc1ccncn1.O=C1NCCn2c1ccc(Nc1ccncn1)c2=O.O=COc1ccc(Cl)c(=O)[nH]1. The van der Waals surface area contributed by atoms with E-state index in [1.165, 1.54) is 56.4 Å². The highest BCUT2D eigenvalue weighted by molar-refractivity contribution is 6.30. The molecule has 0 bridgehead atoms. The van der Waals surface area contributed by atoms with Crippen LogP contribution in [-0.2, 0) is 44.1 Å². The summed E-state index contributed by atoms with van der Waals surface area (Å²) < 4.78 is 24.1. The molecule has 3 amide bonds. The number of ether oxygens (including phenoxy) is 4. The number of carbonyl (C=O) groups is 4. The fourth-order valence-electron chi connectivity index (χ4n) is 9.60. The van der Waals surface area contributed by atoms with Gasteiger partial charge in [-0.25, -0.2) is 29.9 Å². The van der Waals surface area contributed by atoms with E-state index in [-0.39, 0.29) is 63.4 Å². The molecule has 13 rings (SSSR count). The number of aliphatic hydroxyl groups excluding tert-OH is 1. The number of hydrogen-bond donors (Lipinski definition) is 7. The predicted molar refractivity (Wildman–Crippen MR) is 373 cm³/mol. The number of aliphatic hydroxyl groups is 1. The molecule has 30 nitrogen and oxygen atoms in total. The Hall–Kier alpha value is -12.1. The molecule has 0 fully saturated rings. The standard InChI is InChI=1S/C20H19N5O3.C16H15ClN2O3.C12H11N5O2.C10H15NO2.C6H4ClNO3.C4H5N3/c1-28-15-4-2-14(3-5-15)12-24-10-11-25-17(20(24)27)7-6-16(19(25)26)23-18-8-9-21-13-22-18;1-22-12-4-2-11(3-5-12)10-18-8-9-19-14(16(18)21)7-6-13(17)15(19)20;18-11-9-2-1-8(12(19)17(9)6-5-14-11)16-10-3-4-13-7-15-10;1-13-10-4-2-9(3-5-10)8-11-6-7-12;7-4-1-2-5(11-3-9)8-6(4)10;5-4-1-2-6-3-7-4/h2-9,13H,10-12H2,1H3,(H,21,22,23);2-7H,8-10H2,1H3;1-4,7H,5-6H2,(H,14,18)(H,13,15,16);2-5,11-12H,6-8H2,1H3;1-3H,(H,8,10);1-3H,(H2,5,6,7). The third kappa shape index (κ3) is 20.9. The van der Waals surface area contributed by atoms with Gasteiger partial charge in [-0.2, -0.15) is 0 Å². The van der Waals surface area contributed by atoms with Crippen LogP contribution in [0.1, 0.15) is 48.2 Å². The summed E-state index contributed by atoms with van der Waals surface area (Å²) in [6.45, 7) is 5.57. The summed E-state index contributed by atoms with van der Waals surface area (Å²) in [6, 6.07) is 40.3. The van der Waals surface area contributed by atoms with Crippen LogP contribution >= 0.6 is 23.2 Å². The summed E-state index contributed by atoms with van der Waals surface area (Å²) in [5.74, 6) is 3.52. The van der Waals surface area contributed by atoms with Crippen molar-refractivity contribution in [3.05, 3.63) is 262 Å². The van der Waals surface area contributed by atoms with Gasteiger partial charge in [0, 0.05) is 90.1 Å². The lowest BCUT2D eigenvalue weighted by Gasteiger charge is -2.30. The molecule has 0 atom stereocenters. The highest BCUT2D eigenvalue weighted by Crippen LogP contribution is 2.22. The molecule has 0 aliphatic carbocycles. The number of nitrogens with two attached hydrogens (primary N) is 1. The van der Waals surface area contributed by atoms with Crippen LogP contribution in [0.3, 0.4) is 0 Å². The van der Waals surface area contributed by atoms with E-state index in [2.05, 4.69) is 60.9 Å². The van der Waals surface area contributed by atoms with Gasteiger partial charge in [0.2, 0.25) is 5.88 Å². The number of methoxy groups -OCH3 is 3. The van der Waals surface area contributed by atoms with Crippen LogP contribution in [-0.4, -0.2) is 142 Å². The van der Waals surface area contributed by atoms with Crippen molar-refractivity contribution >= 4 is 76.2 Å². The Balaban J connectivity index is 0.000000160. The number of hydrogen-bond acceptors (Lipinski definition) is 23. The molecule has 10 aromatic rings. The summed E-state index contributed by atoms with van der Waals surface area (Å²) in [5, 5.41) is 20.4. The van der Waals surface area contributed by atoms with Crippen molar-refractivity contribution in [2.75, 3.05) is 70.5 Å². The average Bonchev–Trinajstić information content (AvgIpc) is 0.782. The molecule has 3 aliphatic rings. The first-order chi connectivity index (χ1) is 48.5. The third-order valence-electron chi connectivity index (χ3n) is 14.7. The van der Waals surface area contributed by atoms with Crippen molar-refractivity contribution in [1.29, 1.82) is 0 Å². The minimum absolute atomic E-state index is 0.0586. The number of nitrogens with zero attached hydrogens (tertiary/aromatic N) is 11. The van der Waals surface area contributed by atoms with E-state index in [9.17, 15) is 38.4 Å². The molecule has 7 aromatic heterocycles. The van der Waals surface area contributed by atoms with E-state index in [1.807, 2.05) is 72.8 Å². The number of fused-ring (bicyclic) bond motifs is 3. The maximum Gasteiger partial charge on any atom is 0.299 e. The van der Waals surface area contributed by atoms with Crippen molar-refractivity contribution in [3.63, 3.8) is 0 Å². The highest BCUT2D eigenvalue weighted by atomic mass is 35.5. The molecule has 0 unspecified atom stereocenters. The Labute approximate surface area is 581 Å². The number of carbonyl (C=O) groups excluding carboxylic acids is 4. The topological polar surface area (TPSA) is 382 Å². The highest BCUT2D eigenvalue weighted by Gasteiger charge is 2.28. The second-order valence-corrected chi connectivity index (χ2v) is 22.0. The molecule has 8 N–H and O–H groups in total. The van der Waals surface area contributed by atoms with Crippen molar-refractivity contribution in [3.8, 4) is 23.1 Å². The van der Waals surface area contributed by atoms with E-state index in [1.54, 1.807) is 98.3 Å². The van der Waals surface area contributed by atoms with Crippen molar-refractivity contribution in [1.82, 2.24) is 69.0 Å². The Kier molecular flexibility index (Phi) is 27.6. The second-order valence-electron chi connectivity index (χ2n) is 21.1. The van der Waals surface area contributed by atoms with Gasteiger partial charge in [-0.05, 0) is 114 Å². The first kappa shape index (κ1) is 73.7. The molecule has 518 valence electrons. The number of aromatic amines is 1. The number of pyridine rings is 4. The Morgan fingerprint density at radius 3 is 1.43 bits per heavy atom. The fraction of sp³-hybridized carbons (Fsp3) is 0.206. The van der Waals surface area contributed by atoms with Gasteiger partial charge >= 0.3 is 0 Å². The van der Waals surface area contributed by atoms with E-state index >= 15 is 0 Å². The van der Waals surface area contributed by atoms with Crippen LogP contribution in [0.2, 0.25) is 10.0 Å². The Bertz CT molecular complexity index is 4600. The van der Waals surface area contributed by atoms with Gasteiger partial charge in [-0.3, -0.25) is 43.3 Å². The van der Waals surface area contributed by atoms with Crippen molar-refractivity contribution in [2.24, 2.45) is 0 Å². The van der Waals surface area contributed by atoms with Crippen LogP contribution in [0.15, 0.2) is 196 Å². The predicted octanol–water partition coefficient (Wildman–Crippen LogP) is 5.74. The van der Waals surface area contributed by atoms with Gasteiger partial charge in [0.1, 0.15) is 92.2 Å². The molecular formula is C68H69Cl2N17O13. The van der Waals surface area contributed by atoms with Gasteiger partial charge in [0.15, 0.2) is 0 Å². The zero-order chi connectivity index (χ0) is 71.3. The number of halogens is 2. The third-order valence-corrected chi connectivity index (χ3v) is 15.3. The maximum absolute atomic E-state index is 12.9. The smallest absolute Gasteiger partial charge is 0.299 e. The molecule has 0 radical (unpaired) electrons. The largest absolute Gasteiger partial charge is 0.497 e. The molecule has 32 heteroatoms. The second kappa shape index (κ2) is 37.4. The molecule has 0 saturated heterocycles. The summed E-state index contributed by atoms with van der Waals surface area (Å²) in [4.78, 5) is 123. The number of anilines is 5. The zero-order valence-corrected chi connectivity index (χ0v) is 55.7. The van der Waals surface area contributed by atoms with Crippen molar-refractivity contribution in [2.45, 2.75) is 39.3 Å². The first-order valence-electron chi connectivity index (χ1n) is 30.5. The number of nitrogen functional groups attached to an aromatic ring is 1. The molecule has 3 aliphatic heterocycles. The molecule has 3 aromatic carbocycles. The lowest BCUT2D eigenvalue weighted by molar-refractivity contribution is -0.121. The summed E-state index contributed by atoms with van der Waals surface area (Å²) in [6.07, 6.45) is 8.98. The first-order valence-corrected chi connectivity index (χ1v) is 31.3. The fourth-order valence-corrected chi connectivity index (χ4v) is 9.88. The monoisotopic (exact) mass is 1400 g/mol.